The maximum Gasteiger partial charge on any atom is 0.418 e. The van der Waals surface area contributed by atoms with Crippen molar-refractivity contribution in [1.82, 2.24) is 14.9 Å². The monoisotopic (exact) mass is 877 g/mol. The lowest BCUT2D eigenvalue weighted by Crippen LogP contribution is -2.27. The number of aliphatic hydroxyl groups excluding tert-OH is 2. The number of hydrogen-bond donors (Lipinski definition) is 2. The summed E-state index contributed by atoms with van der Waals surface area (Å²) in [6.45, 7) is 22.7. The predicted octanol–water partition coefficient (Wildman–Crippen LogP) is 12.2. The van der Waals surface area contributed by atoms with Crippen molar-refractivity contribution in [3.8, 4) is 11.4 Å². The van der Waals surface area contributed by atoms with Crippen molar-refractivity contribution < 1.29 is 23.4 Å². The van der Waals surface area contributed by atoms with Crippen LogP contribution < -0.4 is 4.90 Å². The number of aromatic nitrogens is 3. The molecular formula is C53H67F3N6O2. The van der Waals surface area contributed by atoms with Gasteiger partial charge in [-0.3, -0.25) is 0 Å². The molecule has 0 atom stereocenters. The van der Waals surface area contributed by atoms with E-state index in [2.05, 4.69) is 102 Å². The fourth-order valence-electron chi connectivity index (χ4n) is 8.81. The molecule has 0 bridgehead atoms. The highest BCUT2D eigenvalue weighted by Gasteiger charge is 2.38. The van der Waals surface area contributed by atoms with Crippen LogP contribution in [0, 0.1) is 24.7 Å². The molecular weight excluding hydrogens is 810 g/mol. The molecule has 2 N–H and O–H groups in total. The average molecular weight is 877 g/mol. The summed E-state index contributed by atoms with van der Waals surface area (Å²) >= 11 is 0. The fraction of sp³-hybridized carbons (Fsp3) is 0.472. The Balaban J connectivity index is 1.25. The third-order valence-corrected chi connectivity index (χ3v) is 12.0. The van der Waals surface area contributed by atoms with E-state index >= 15 is 0 Å². The third kappa shape index (κ3) is 12.0. The fourth-order valence-corrected chi connectivity index (χ4v) is 8.81. The minimum atomic E-state index is -4.69. The molecule has 0 unspecified atom stereocenters. The molecule has 1 aliphatic rings. The molecule has 0 radical (unpaired) electrons. The Morgan fingerprint density at radius 2 is 1.28 bits per heavy atom. The number of anilines is 1. The summed E-state index contributed by atoms with van der Waals surface area (Å²) in [5.74, 6) is 0.682. The van der Waals surface area contributed by atoms with E-state index in [0.29, 0.717) is 56.0 Å². The summed E-state index contributed by atoms with van der Waals surface area (Å²) in [5.41, 5.74) is 9.45. The number of aliphatic imine (C=N–C) groups is 1. The highest BCUT2D eigenvalue weighted by molar-refractivity contribution is 6.50. The maximum atomic E-state index is 14.8. The molecule has 342 valence electrons. The van der Waals surface area contributed by atoms with E-state index in [1.54, 1.807) is 6.07 Å². The molecule has 8 nitrogen and oxygen atoms in total. The van der Waals surface area contributed by atoms with Crippen LogP contribution in [0.3, 0.4) is 0 Å². The summed E-state index contributed by atoms with van der Waals surface area (Å²) in [6, 6.07) is 26.0. The van der Waals surface area contributed by atoms with Gasteiger partial charge >= 0.3 is 6.18 Å². The molecule has 11 heteroatoms. The SMILES string of the molecule is Cc1ccc(Cc2cc(C(C)(C)CC(C)(C)C)ccc2C)cc1Cc1ccc(-c2nc3n(n2)N=C(C(C)(C)C)C3=Nc2ccc(N(CCCCO)CCCCO)cc2C(F)(F)F)cc1. The Hall–Kier alpha value is -5.13. The minimum absolute atomic E-state index is 0.00652. The highest BCUT2D eigenvalue weighted by Crippen LogP contribution is 2.41. The number of alkyl halides is 3. The normalized spacial score (nSPS) is 14.0. The number of halogens is 3. The van der Waals surface area contributed by atoms with Gasteiger partial charge in [-0.2, -0.15) is 18.3 Å². The quantitative estimate of drug-likeness (QED) is 0.0907. The van der Waals surface area contributed by atoms with Gasteiger partial charge in [0.15, 0.2) is 5.82 Å². The number of benzene rings is 4. The molecule has 0 aliphatic carbocycles. The third-order valence-electron chi connectivity index (χ3n) is 12.0. The van der Waals surface area contributed by atoms with Gasteiger partial charge < -0.3 is 15.1 Å². The first-order chi connectivity index (χ1) is 30.1. The second-order valence-electron chi connectivity index (χ2n) is 20.4. The number of nitrogens with zero attached hydrogens (tertiary/aromatic N) is 6. The lowest BCUT2D eigenvalue weighted by molar-refractivity contribution is -0.137. The van der Waals surface area contributed by atoms with E-state index in [1.165, 1.54) is 44.2 Å². The van der Waals surface area contributed by atoms with Crippen LogP contribution in [0.15, 0.2) is 89.0 Å². The number of hydrogen-bond acceptors (Lipinski definition) is 7. The number of aryl methyl sites for hydroxylation is 2. The molecule has 0 fully saturated rings. The Labute approximate surface area is 378 Å². The largest absolute Gasteiger partial charge is 0.418 e. The molecule has 64 heavy (non-hydrogen) atoms. The zero-order chi connectivity index (χ0) is 46.6. The van der Waals surface area contributed by atoms with E-state index in [0.717, 1.165) is 36.5 Å². The van der Waals surface area contributed by atoms with Crippen LogP contribution >= 0.6 is 0 Å². The van der Waals surface area contributed by atoms with Gasteiger partial charge in [-0.1, -0.05) is 116 Å². The van der Waals surface area contributed by atoms with Crippen molar-refractivity contribution in [2.45, 2.75) is 126 Å². The number of fused-ring (bicyclic) bond motifs is 1. The topological polar surface area (TPSA) is 99.1 Å². The first-order valence-corrected chi connectivity index (χ1v) is 22.7. The highest BCUT2D eigenvalue weighted by atomic mass is 19.4. The van der Waals surface area contributed by atoms with E-state index in [9.17, 15) is 23.4 Å². The van der Waals surface area contributed by atoms with Crippen LogP contribution in [0.5, 0.6) is 0 Å². The van der Waals surface area contributed by atoms with Gasteiger partial charge in [-0.25, -0.2) is 9.98 Å². The minimum Gasteiger partial charge on any atom is -0.396 e. The van der Waals surface area contributed by atoms with Crippen molar-refractivity contribution >= 4 is 22.8 Å². The molecule has 0 saturated heterocycles. The first-order valence-electron chi connectivity index (χ1n) is 22.7. The van der Waals surface area contributed by atoms with Gasteiger partial charge in [0.05, 0.1) is 17.0 Å². The van der Waals surface area contributed by atoms with Crippen LogP contribution in [0.4, 0.5) is 24.5 Å². The first kappa shape index (κ1) is 48.3. The average Bonchev–Trinajstić information content (AvgIpc) is 3.78. The van der Waals surface area contributed by atoms with E-state index < -0.39 is 17.2 Å². The van der Waals surface area contributed by atoms with Crippen LogP contribution in [-0.2, 0) is 24.4 Å². The summed E-state index contributed by atoms with van der Waals surface area (Å²) < 4.78 is 44.5. The standard InChI is InChI=1S/C53H67F3N6O2/c1-35-15-17-38(31-41-32-42(22-16-36(41)2)52(9,10)34-50(3,4)5)30-40(35)29-37-18-20-39(21-19-37)48-58-49-46(47(51(6,7)8)59-62(49)60-48)57-45-24-23-43(33-44(45)53(54,55)56)61(25-11-13-27-63)26-12-14-28-64/h15-24,30,32-33,63-64H,11-14,25-29,31,34H2,1-10H3. The van der Waals surface area contributed by atoms with Crippen molar-refractivity contribution in [2.75, 3.05) is 31.2 Å². The lowest BCUT2D eigenvalue weighted by Gasteiger charge is -2.33. The molecule has 1 aromatic heterocycles. The van der Waals surface area contributed by atoms with Crippen molar-refractivity contribution in [3.63, 3.8) is 0 Å². The predicted molar refractivity (Wildman–Crippen MR) is 255 cm³/mol. The van der Waals surface area contributed by atoms with Gasteiger partial charge in [0.1, 0.15) is 5.71 Å². The maximum absolute atomic E-state index is 14.8. The number of unbranched alkanes of at least 4 members (excludes halogenated alkanes) is 2. The van der Waals surface area contributed by atoms with Gasteiger partial charge in [0.2, 0.25) is 5.82 Å². The van der Waals surface area contributed by atoms with E-state index in [-0.39, 0.29) is 41.3 Å². The summed E-state index contributed by atoms with van der Waals surface area (Å²) in [6.07, 6.45) is 0.336. The lowest BCUT2D eigenvalue weighted by atomic mass is 9.72. The van der Waals surface area contributed by atoms with Crippen LogP contribution in [0.25, 0.3) is 11.4 Å². The van der Waals surface area contributed by atoms with Gasteiger partial charge in [-0.15, -0.1) is 9.89 Å². The number of rotatable bonds is 17. The van der Waals surface area contributed by atoms with Crippen molar-refractivity contribution in [1.29, 1.82) is 0 Å². The van der Waals surface area contributed by atoms with Crippen molar-refractivity contribution in [2.24, 2.45) is 20.9 Å². The molecule has 0 saturated carbocycles. The molecule has 0 spiro atoms. The van der Waals surface area contributed by atoms with Crippen LogP contribution in [0.1, 0.15) is 138 Å². The van der Waals surface area contributed by atoms with Gasteiger partial charge in [0.25, 0.3) is 0 Å². The second kappa shape index (κ2) is 19.5. The second-order valence-corrected chi connectivity index (χ2v) is 20.4. The summed E-state index contributed by atoms with van der Waals surface area (Å²) in [7, 11) is 0. The van der Waals surface area contributed by atoms with Gasteiger partial charge in [-0.05, 0) is 127 Å². The Morgan fingerprint density at radius 1 is 0.688 bits per heavy atom. The molecule has 6 rings (SSSR count). The molecule has 4 aromatic carbocycles. The van der Waals surface area contributed by atoms with Crippen LogP contribution in [0.2, 0.25) is 0 Å². The zero-order valence-electron chi connectivity index (χ0n) is 39.5. The Kier molecular flexibility index (Phi) is 14.8. The van der Waals surface area contributed by atoms with Crippen LogP contribution in [-0.4, -0.2) is 62.8 Å². The molecule has 5 aromatic rings. The number of aliphatic hydroxyl groups is 2. The molecule has 2 heterocycles. The zero-order valence-corrected chi connectivity index (χ0v) is 39.5. The Morgan fingerprint density at radius 3 is 1.88 bits per heavy atom. The summed E-state index contributed by atoms with van der Waals surface area (Å²) in [5, 5.41) is 28.1. The van der Waals surface area contributed by atoms with E-state index in [4.69, 9.17) is 15.2 Å². The van der Waals surface area contributed by atoms with E-state index in [1.807, 2.05) is 37.8 Å². The Bertz CT molecular complexity index is 2460. The molecule has 1 aliphatic heterocycles. The smallest absolute Gasteiger partial charge is 0.396 e. The van der Waals surface area contributed by atoms with Gasteiger partial charge in [0, 0.05) is 43.0 Å². The summed E-state index contributed by atoms with van der Waals surface area (Å²) in [4.78, 5) is 12.7. The van der Waals surface area contributed by atoms with Crippen molar-refractivity contribution in [3.05, 3.63) is 129 Å². The molecule has 0 amide bonds.